The Morgan fingerprint density at radius 1 is 0.707 bits per heavy atom. The molecule has 1 N–H and O–H groups in total. The van der Waals surface area contributed by atoms with E-state index in [9.17, 15) is 19.5 Å². The molecule has 2 atom stereocenters. The molecular weight excluding hydrogens is 522 g/mol. The minimum Gasteiger partial charge on any atom is -0.477 e. The van der Waals surface area contributed by atoms with Gasteiger partial charge in [0.05, 0.1) is 34.4 Å². The molecule has 0 saturated heterocycles. The van der Waals surface area contributed by atoms with Crippen molar-refractivity contribution in [2.24, 2.45) is 0 Å². The summed E-state index contributed by atoms with van der Waals surface area (Å²) in [5.41, 5.74) is 0. The summed E-state index contributed by atoms with van der Waals surface area (Å²) in [6.07, 6.45) is 21.5. The van der Waals surface area contributed by atoms with Gasteiger partial charge in [-0.05, 0) is 38.5 Å². The number of hydrogen-bond donors (Lipinski definition) is 1. The maximum atomic E-state index is 12.5. The largest absolute Gasteiger partial charge is 0.477 e. The first kappa shape index (κ1) is 39.1. The summed E-state index contributed by atoms with van der Waals surface area (Å²) < 4.78 is 17.0. The smallest absolute Gasteiger partial charge is 0.362 e. The third-order valence-electron chi connectivity index (χ3n) is 7.16. The molecule has 0 spiro atoms. The summed E-state index contributed by atoms with van der Waals surface area (Å²) in [4.78, 5) is 36.2. The van der Waals surface area contributed by atoms with E-state index in [1.165, 1.54) is 38.5 Å². The Morgan fingerprint density at radius 2 is 1.22 bits per heavy atom. The Morgan fingerprint density at radius 3 is 1.78 bits per heavy atom. The number of nitrogens with zero attached hydrogens (tertiary/aromatic N) is 1. The molecule has 0 amide bonds. The molecule has 0 aromatic rings. The Kier molecular flexibility index (Phi) is 24.5. The summed E-state index contributed by atoms with van der Waals surface area (Å²) >= 11 is 0. The second-order valence-electron chi connectivity index (χ2n) is 12.1. The lowest BCUT2D eigenvalue weighted by Crippen LogP contribution is -2.50. The third-order valence-corrected chi connectivity index (χ3v) is 7.16. The maximum Gasteiger partial charge on any atom is 0.362 e. The monoisotopic (exact) mass is 584 g/mol. The van der Waals surface area contributed by atoms with Crippen molar-refractivity contribution in [2.75, 3.05) is 41.0 Å². The highest BCUT2D eigenvalue weighted by molar-refractivity contribution is 5.72. The summed E-state index contributed by atoms with van der Waals surface area (Å²) in [6.45, 7) is 4.57. The first-order valence-electron chi connectivity index (χ1n) is 16.2. The quantitative estimate of drug-likeness (QED) is 0.0448. The summed E-state index contributed by atoms with van der Waals surface area (Å²) in [6, 6.07) is -0.608. The van der Waals surface area contributed by atoms with E-state index in [4.69, 9.17) is 14.2 Å². The number of carbonyl (C=O) groups excluding carboxylic acids is 2. The molecule has 0 aliphatic heterocycles. The van der Waals surface area contributed by atoms with Crippen molar-refractivity contribution in [1.29, 1.82) is 0 Å². The molecule has 8 heteroatoms. The number of aliphatic carboxylic acids is 1. The third kappa shape index (κ3) is 24.4. The molecule has 0 bridgehead atoms. The number of esters is 2. The molecule has 0 heterocycles. The molecule has 0 radical (unpaired) electrons. The van der Waals surface area contributed by atoms with Crippen LogP contribution >= 0.6 is 0 Å². The molecule has 0 fully saturated rings. The van der Waals surface area contributed by atoms with Crippen LogP contribution in [0.3, 0.4) is 0 Å². The maximum absolute atomic E-state index is 12.5. The topological polar surface area (TPSA) is 99.1 Å². The number of unbranched alkanes of at least 4 members (excludes halogenated alkanes) is 12. The number of ether oxygens (including phenoxy) is 3. The van der Waals surface area contributed by atoms with Gasteiger partial charge in [0.2, 0.25) is 0 Å². The summed E-state index contributed by atoms with van der Waals surface area (Å²) in [7, 11) is 5.49. The fourth-order valence-electron chi connectivity index (χ4n) is 4.55. The van der Waals surface area contributed by atoms with Crippen LogP contribution in [0.5, 0.6) is 0 Å². The number of carbonyl (C=O) groups is 3. The predicted octanol–water partition coefficient (Wildman–Crippen LogP) is 7.24. The van der Waals surface area contributed by atoms with Crippen LogP contribution in [0.1, 0.15) is 129 Å². The molecule has 0 aromatic carbocycles. The van der Waals surface area contributed by atoms with Gasteiger partial charge in [0, 0.05) is 19.3 Å². The van der Waals surface area contributed by atoms with Gasteiger partial charge in [0.15, 0.2) is 12.1 Å². The van der Waals surface area contributed by atoms with Crippen molar-refractivity contribution >= 4 is 17.9 Å². The van der Waals surface area contributed by atoms with E-state index in [0.717, 1.165) is 57.8 Å². The summed E-state index contributed by atoms with van der Waals surface area (Å²) in [5, 5.41) is 9.50. The number of carboxylic acid groups (broad SMARTS) is 1. The molecule has 0 saturated carbocycles. The molecule has 2 unspecified atom stereocenters. The fraction of sp³-hybridized carbons (Fsp3) is 0.848. The molecule has 0 aliphatic rings. The average molecular weight is 585 g/mol. The Hall–Kier alpha value is -1.93. The van der Waals surface area contributed by atoms with Crippen molar-refractivity contribution in [3.8, 4) is 0 Å². The van der Waals surface area contributed by atoms with Crippen LogP contribution in [0.2, 0.25) is 0 Å². The lowest BCUT2D eigenvalue weighted by atomic mass is 10.1. The molecule has 0 rings (SSSR count). The Labute approximate surface area is 250 Å². The zero-order valence-electron chi connectivity index (χ0n) is 27.0. The van der Waals surface area contributed by atoms with Gasteiger partial charge < -0.3 is 23.8 Å². The van der Waals surface area contributed by atoms with Gasteiger partial charge in [-0.2, -0.15) is 0 Å². The number of quaternary nitrogens is 1. The second kappa shape index (κ2) is 25.8. The lowest BCUT2D eigenvalue weighted by Gasteiger charge is -2.31. The van der Waals surface area contributed by atoms with Gasteiger partial charge in [-0.15, -0.1) is 0 Å². The Bertz CT molecular complexity index is 702. The number of allylic oxidation sites excluding steroid dienone is 2. The first-order chi connectivity index (χ1) is 19.6. The van der Waals surface area contributed by atoms with Crippen molar-refractivity contribution in [3.05, 3.63) is 12.2 Å². The second-order valence-corrected chi connectivity index (χ2v) is 12.1. The van der Waals surface area contributed by atoms with Crippen molar-refractivity contribution in [3.63, 3.8) is 0 Å². The van der Waals surface area contributed by atoms with E-state index in [1.807, 2.05) is 21.1 Å². The average Bonchev–Trinajstić information content (AvgIpc) is 2.91. The number of carboxylic acids is 1. The Balaban J connectivity index is 4.40. The van der Waals surface area contributed by atoms with Crippen LogP contribution in [0, 0.1) is 0 Å². The molecular formula is C33H62NO7+. The van der Waals surface area contributed by atoms with Gasteiger partial charge in [0.25, 0.3) is 0 Å². The highest BCUT2D eigenvalue weighted by Crippen LogP contribution is 2.12. The van der Waals surface area contributed by atoms with E-state index >= 15 is 0 Å². The highest BCUT2D eigenvalue weighted by Gasteiger charge is 2.31. The van der Waals surface area contributed by atoms with Crippen LogP contribution in [0.25, 0.3) is 0 Å². The lowest BCUT2D eigenvalue weighted by molar-refractivity contribution is -0.887. The zero-order valence-corrected chi connectivity index (χ0v) is 27.0. The minimum absolute atomic E-state index is 0.0534. The zero-order chi connectivity index (χ0) is 30.8. The van der Waals surface area contributed by atoms with Crippen LogP contribution in [0.4, 0.5) is 0 Å². The number of hydrogen-bond acceptors (Lipinski definition) is 6. The molecule has 0 aliphatic carbocycles. The van der Waals surface area contributed by atoms with Crippen LogP contribution in [-0.4, -0.2) is 80.6 Å². The van der Waals surface area contributed by atoms with Gasteiger partial charge in [-0.25, -0.2) is 4.79 Å². The highest BCUT2D eigenvalue weighted by atomic mass is 16.6. The molecule has 41 heavy (non-hydrogen) atoms. The summed E-state index contributed by atoms with van der Waals surface area (Å²) in [5.74, 6) is -1.50. The SMILES string of the molecule is CCCCCC/C=C\CCCCCCCC(=O)OC(COCCC(C(=O)O)[N+](C)(C)C)COC(=O)CCCCCC. The normalized spacial score (nSPS) is 13.3. The molecule has 8 nitrogen and oxygen atoms in total. The van der Waals surface area contributed by atoms with Gasteiger partial charge >= 0.3 is 17.9 Å². The van der Waals surface area contributed by atoms with Crippen molar-refractivity contribution in [1.82, 2.24) is 0 Å². The molecule has 240 valence electrons. The number of rotatable bonds is 28. The van der Waals surface area contributed by atoms with Crippen LogP contribution in [0.15, 0.2) is 12.2 Å². The minimum atomic E-state index is -0.879. The van der Waals surface area contributed by atoms with E-state index < -0.39 is 18.1 Å². The van der Waals surface area contributed by atoms with E-state index in [-0.39, 0.29) is 36.2 Å². The molecule has 0 aromatic heterocycles. The first-order valence-corrected chi connectivity index (χ1v) is 16.2. The van der Waals surface area contributed by atoms with Gasteiger partial charge in [-0.1, -0.05) is 83.8 Å². The van der Waals surface area contributed by atoms with Crippen molar-refractivity contribution < 1.29 is 38.2 Å². The fourth-order valence-corrected chi connectivity index (χ4v) is 4.55. The predicted molar refractivity (Wildman–Crippen MR) is 165 cm³/mol. The van der Waals surface area contributed by atoms with Gasteiger partial charge in [-0.3, -0.25) is 9.59 Å². The van der Waals surface area contributed by atoms with Crippen molar-refractivity contribution in [2.45, 2.75) is 142 Å². The van der Waals surface area contributed by atoms with Gasteiger partial charge in [0.1, 0.15) is 6.61 Å². The van der Waals surface area contributed by atoms with E-state index in [1.54, 1.807) is 0 Å². The van der Waals surface area contributed by atoms with Crippen LogP contribution in [-0.2, 0) is 28.6 Å². The van der Waals surface area contributed by atoms with E-state index in [0.29, 0.717) is 19.3 Å². The standard InChI is InChI=1S/C33H61NO7/c1-6-8-10-12-13-14-15-16-17-18-19-20-22-24-32(36)41-29(28-40-31(35)23-21-11-9-7-2)27-39-26-25-30(33(37)38)34(3,4)5/h14-15,29-30H,6-13,16-28H2,1-5H3/p+1/b15-14-. The number of likely N-dealkylation sites (N-methyl/N-ethyl adjacent to an activating group) is 1. The van der Waals surface area contributed by atoms with Crippen LogP contribution < -0.4 is 0 Å². The van der Waals surface area contributed by atoms with E-state index in [2.05, 4.69) is 26.0 Å².